The second-order valence-electron chi connectivity index (χ2n) is 2.78. The van der Waals surface area contributed by atoms with E-state index >= 15 is 0 Å². The Morgan fingerprint density at radius 1 is 1.56 bits per heavy atom. The van der Waals surface area contributed by atoms with Gasteiger partial charge in [-0.3, -0.25) is 0 Å². The summed E-state index contributed by atoms with van der Waals surface area (Å²) in [6.45, 7) is 1.97. The maximum atomic E-state index is 11.0. The van der Waals surface area contributed by atoms with Crippen LogP contribution >= 0.6 is 11.6 Å². The average Bonchev–Trinajstić information content (AvgIpc) is 2.28. The summed E-state index contributed by atoms with van der Waals surface area (Å²) in [5.41, 5.74) is 0.881. The van der Waals surface area contributed by atoms with Crippen molar-refractivity contribution in [2.75, 3.05) is 6.61 Å². The first-order chi connectivity index (χ1) is 7.67. The van der Waals surface area contributed by atoms with Gasteiger partial charge in [-0.2, -0.15) is 5.26 Å². The van der Waals surface area contributed by atoms with Gasteiger partial charge in [-0.15, -0.1) is 0 Å². The van der Waals surface area contributed by atoms with Crippen molar-refractivity contribution < 1.29 is 9.53 Å². The Bertz CT molecular complexity index is 506. The van der Waals surface area contributed by atoms with Crippen LogP contribution in [-0.2, 0) is 9.53 Å². The molecule has 0 bridgehead atoms. The molecular weight excluding hydrogens is 226 g/mol. The van der Waals surface area contributed by atoms with Crippen molar-refractivity contribution in [2.45, 2.75) is 6.92 Å². The van der Waals surface area contributed by atoms with Crippen LogP contribution in [0.25, 0.3) is 0 Å². The zero-order valence-electron chi connectivity index (χ0n) is 8.58. The lowest BCUT2D eigenvalue weighted by atomic mass is 10.1. The molecule has 0 heterocycles. The molecule has 1 aromatic carbocycles. The lowest BCUT2D eigenvalue weighted by Gasteiger charge is -1.95. The molecule has 0 radical (unpaired) electrons. The van der Waals surface area contributed by atoms with Crippen LogP contribution in [0.4, 0.5) is 0 Å². The number of esters is 1. The monoisotopic (exact) mass is 233 g/mol. The summed E-state index contributed by atoms with van der Waals surface area (Å²) in [6.07, 6.45) is 0. The molecule has 16 heavy (non-hydrogen) atoms. The number of carbonyl (C=O) groups excluding carboxylic acids is 1. The Kier molecular flexibility index (Phi) is 4.39. The maximum Gasteiger partial charge on any atom is 0.384 e. The van der Waals surface area contributed by atoms with E-state index in [0.29, 0.717) is 16.1 Å². The summed E-state index contributed by atoms with van der Waals surface area (Å²) in [5, 5.41) is 9.08. The summed E-state index contributed by atoms with van der Waals surface area (Å²) in [6, 6.07) is 6.63. The first kappa shape index (κ1) is 12.1. The van der Waals surface area contributed by atoms with Crippen molar-refractivity contribution in [2.24, 2.45) is 0 Å². The molecule has 3 nitrogen and oxygen atoms in total. The summed E-state index contributed by atoms with van der Waals surface area (Å²) in [5.74, 6) is 4.24. The minimum absolute atomic E-state index is 0.277. The third kappa shape index (κ3) is 3.31. The number of hydrogen-bond donors (Lipinski definition) is 0. The smallest absolute Gasteiger partial charge is 0.384 e. The van der Waals surface area contributed by atoms with Crippen LogP contribution in [0, 0.1) is 23.2 Å². The number of ether oxygens (including phenoxy) is 1. The number of benzene rings is 1. The first-order valence-electron chi connectivity index (χ1n) is 4.55. The third-order valence-corrected chi connectivity index (χ3v) is 2.00. The van der Waals surface area contributed by atoms with E-state index in [4.69, 9.17) is 16.9 Å². The molecule has 0 atom stereocenters. The molecule has 0 N–H and O–H groups in total. The number of nitriles is 1. The summed E-state index contributed by atoms with van der Waals surface area (Å²) in [4.78, 5) is 11.0. The molecule has 0 fully saturated rings. The average molecular weight is 234 g/mol. The molecule has 1 rings (SSSR count). The van der Waals surface area contributed by atoms with Gasteiger partial charge in [0, 0.05) is 11.5 Å². The van der Waals surface area contributed by atoms with Gasteiger partial charge in [-0.05, 0) is 25.1 Å². The Hall–Kier alpha value is -1.97. The van der Waals surface area contributed by atoms with Crippen LogP contribution < -0.4 is 0 Å². The van der Waals surface area contributed by atoms with Crippen LogP contribution in [0.5, 0.6) is 0 Å². The van der Waals surface area contributed by atoms with Gasteiger partial charge in [0.15, 0.2) is 0 Å². The van der Waals surface area contributed by atoms with Gasteiger partial charge in [-0.25, -0.2) is 4.79 Å². The van der Waals surface area contributed by atoms with Crippen molar-refractivity contribution in [1.82, 2.24) is 0 Å². The standard InChI is InChI=1S/C12H8ClNO2/c1-2-16-12(15)6-4-10-7-9(8-14)3-5-11(10)13/h3,5,7H,2H2,1H3. The molecule has 0 aliphatic rings. The minimum Gasteiger partial charge on any atom is -0.456 e. The molecule has 1 aromatic rings. The van der Waals surface area contributed by atoms with Crippen molar-refractivity contribution in [3.63, 3.8) is 0 Å². The molecule has 0 saturated heterocycles. The van der Waals surface area contributed by atoms with Gasteiger partial charge in [0.25, 0.3) is 0 Å². The van der Waals surface area contributed by atoms with E-state index in [1.165, 1.54) is 6.07 Å². The van der Waals surface area contributed by atoms with E-state index in [9.17, 15) is 4.79 Å². The fraction of sp³-hybridized carbons (Fsp3) is 0.167. The number of hydrogen-bond acceptors (Lipinski definition) is 3. The SMILES string of the molecule is CCOC(=O)C#Cc1cc(C#N)ccc1Cl. The van der Waals surface area contributed by atoms with E-state index in [-0.39, 0.29) is 6.61 Å². The quantitative estimate of drug-likeness (QED) is 0.552. The lowest BCUT2D eigenvalue weighted by molar-refractivity contribution is -0.136. The Balaban J connectivity index is 2.96. The highest BCUT2D eigenvalue weighted by Crippen LogP contribution is 2.15. The number of carbonyl (C=O) groups is 1. The van der Waals surface area contributed by atoms with Crippen LogP contribution in [-0.4, -0.2) is 12.6 Å². The van der Waals surface area contributed by atoms with E-state index in [0.717, 1.165) is 0 Å². The molecule has 0 aromatic heterocycles. The molecule has 0 amide bonds. The molecule has 0 saturated carbocycles. The summed E-state index contributed by atoms with van der Waals surface area (Å²) < 4.78 is 4.64. The van der Waals surface area contributed by atoms with Crippen LogP contribution in [0.15, 0.2) is 18.2 Å². The minimum atomic E-state index is -0.610. The lowest BCUT2D eigenvalue weighted by Crippen LogP contribution is -1.99. The molecule has 80 valence electrons. The highest BCUT2D eigenvalue weighted by atomic mass is 35.5. The topological polar surface area (TPSA) is 50.1 Å². The zero-order valence-corrected chi connectivity index (χ0v) is 9.34. The van der Waals surface area contributed by atoms with Crippen molar-refractivity contribution in [3.05, 3.63) is 34.3 Å². The zero-order chi connectivity index (χ0) is 12.0. The van der Waals surface area contributed by atoms with Gasteiger partial charge in [0.2, 0.25) is 0 Å². The van der Waals surface area contributed by atoms with E-state index in [2.05, 4.69) is 16.6 Å². The second-order valence-corrected chi connectivity index (χ2v) is 3.18. The molecule has 0 aliphatic carbocycles. The Labute approximate surface area is 98.6 Å². The predicted octanol–water partition coefficient (Wildman–Crippen LogP) is 2.13. The van der Waals surface area contributed by atoms with Crippen LogP contribution in [0.1, 0.15) is 18.1 Å². The van der Waals surface area contributed by atoms with Crippen LogP contribution in [0.2, 0.25) is 5.02 Å². The Morgan fingerprint density at radius 3 is 2.94 bits per heavy atom. The van der Waals surface area contributed by atoms with Crippen molar-refractivity contribution >= 4 is 17.6 Å². The van der Waals surface area contributed by atoms with Gasteiger partial charge in [0.05, 0.1) is 23.3 Å². The molecule has 0 unspecified atom stereocenters. The number of nitrogens with zero attached hydrogens (tertiary/aromatic N) is 1. The third-order valence-electron chi connectivity index (χ3n) is 1.67. The van der Waals surface area contributed by atoms with Gasteiger partial charge >= 0.3 is 5.97 Å². The summed E-state index contributed by atoms with van der Waals surface area (Å²) >= 11 is 5.85. The highest BCUT2D eigenvalue weighted by molar-refractivity contribution is 6.31. The van der Waals surface area contributed by atoms with E-state index in [1.807, 2.05) is 6.07 Å². The van der Waals surface area contributed by atoms with Gasteiger partial charge in [-0.1, -0.05) is 17.5 Å². The normalized spacial score (nSPS) is 8.56. The number of rotatable bonds is 1. The molecule has 0 aliphatic heterocycles. The highest BCUT2D eigenvalue weighted by Gasteiger charge is 2.00. The second kappa shape index (κ2) is 5.80. The fourth-order valence-electron chi connectivity index (χ4n) is 0.976. The predicted molar refractivity (Wildman–Crippen MR) is 59.7 cm³/mol. The van der Waals surface area contributed by atoms with Crippen molar-refractivity contribution in [1.29, 1.82) is 5.26 Å². The fourth-order valence-corrected chi connectivity index (χ4v) is 1.14. The largest absolute Gasteiger partial charge is 0.456 e. The number of halogens is 1. The van der Waals surface area contributed by atoms with E-state index < -0.39 is 5.97 Å². The Morgan fingerprint density at radius 2 is 2.31 bits per heavy atom. The maximum absolute atomic E-state index is 11.0. The van der Waals surface area contributed by atoms with Crippen molar-refractivity contribution in [3.8, 4) is 17.9 Å². The van der Waals surface area contributed by atoms with Gasteiger partial charge in [0.1, 0.15) is 0 Å². The van der Waals surface area contributed by atoms with Crippen LogP contribution in [0.3, 0.4) is 0 Å². The van der Waals surface area contributed by atoms with E-state index in [1.54, 1.807) is 19.1 Å². The molecular formula is C12H8ClNO2. The first-order valence-corrected chi connectivity index (χ1v) is 4.93. The van der Waals surface area contributed by atoms with Gasteiger partial charge < -0.3 is 4.74 Å². The summed E-state index contributed by atoms with van der Waals surface area (Å²) in [7, 11) is 0. The molecule has 4 heteroatoms. The molecule has 0 spiro atoms.